The molecule has 0 saturated heterocycles. The fraction of sp³-hybridized carbons (Fsp3) is 0.625. The van der Waals surface area contributed by atoms with Crippen LogP contribution in [0, 0.1) is 11.3 Å². The molecule has 3 rings (SSSR count). The summed E-state index contributed by atoms with van der Waals surface area (Å²) in [6, 6.07) is 6.69. The number of fused-ring (bicyclic) bond motifs is 1. The van der Waals surface area contributed by atoms with E-state index in [1.807, 2.05) is 0 Å². The second-order valence-corrected chi connectivity index (χ2v) is 6.48. The van der Waals surface area contributed by atoms with Crippen molar-refractivity contribution in [3.63, 3.8) is 0 Å². The number of benzene rings is 1. The third-order valence-corrected chi connectivity index (χ3v) is 4.87. The fourth-order valence-electron chi connectivity index (χ4n) is 3.67. The summed E-state index contributed by atoms with van der Waals surface area (Å²) in [6.45, 7) is 5.55. The quantitative estimate of drug-likeness (QED) is 0.866. The van der Waals surface area contributed by atoms with Gasteiger partial charge in [-0.2, -0.15) is 0 Å². The molecule has 2 nitrogen and oxygen atoms in total. The van der Waals surface area contributed by atoms with Crippen molar-refractivity contribution in [2.45, 2.75) is 45.6 Å². The van der Waals surface area contributed by atoms with Gasteiger partial charge >= 0.3 is 0 Å². The zero-order chi connectivity index (χ0) is 12.8. The molecule has 98 valence electrons. The fourth-order valence-corrected chi connectivity index (χ4v) is 3.67. The molecule has 1 saturated carbocycles. The third kappa shape index (κ3) is 1.93. The molecule has 1 aromatic carbocycles. The number of nitrogens with two attached hydrogens (primary N) is 1. The minimum absolute atomic E-state index is 0.174. The standard InChI is InChI=1S/C16H23NO/c1-16(2)8-3-4-13(16)15(17)12-5-6-14-11(10-12)7-9-18-14/h5-6,10,13,15H,3-4,7-9,17H2,1-2H3. The van der Waals surface area contributed by atoms with Crippen LogP contribution in [0.2, 0.25) is 0 Å². The monoisotopic (exact) mass is 245 g/mol. The first-order chi connectivity index (χ1) is 8.58. The van der Waals surface area contributed by atoms with Gasteiger partial charge in [-0.1, -0.05) is 32.4 Å². The Bertz CT molecular complexity index is 452. The topological polar surface area (TPSA) is 35.2 Å². The summed E-state index contributed by atoms with van der Waals surface area (Å²) < 4.78 is 5.56. The molecule has 1 aliphatic carbocycles. The highest BCUT2D eigenvalue weighted by Crippen LogP contribution is 2.48. The summed E-state index contributed by atoms with van der Waals surface area (Å²) in [5.41, 5.74) is 9.54. The van der Waals surface area contributed by atoms with Gasteiger partial charge in [-0.25, -0.2) is 0 Å². The molecule has 2 N–H and O–H groups in total. The van der Waals surface area contributed by atoms with E-state index in [0.29, 0.717) is 11.3 Å². The highest BCUT2D eigenvalue weighted by atomic mass is 16.5. The maximum absolute atomic E-state index is 6.53. The predicted molar refractivity (Wildman–Crippen MR) is 73.7 cm³/mol. The van der Waals surface area contributed by atoms with Crippen molar-refractivity contribution < 1.29 is 4.74 Å². The number of rotatable bonds is 2. The summed E-state index contributed by atoms with van der Waals surface area (Å²) in [6.07, 6.45) is 4.92. The second-order valence-electron chi connectivity index (χ2n) is 6.48. The van der Waals surface area contributed by atoms with Crippen molar-refractivity contribution in [1.29, 1.82) is 0 Å². The Hall–Kier alpha value is -1.02. The van der Waals surface area contributed by atoms with Crippen LogP contribution in [0.5, 0.6) is 5.75 Å². The van der Waals surface area contributed by atoms with Gasteiger partial charge in [0.05, 0.1) is 6.61 Å². The molecule has 1 heterocycles. The van der Waals surface area contributed by atoms with Gasteiger partial charge in [0.1, 0.15) is 5.75 Å². The lowest BCUT2D eigenvalue weighted by Crippen LogP contribution is -2.29. The van der Waals surface area contributed by atoms with Gasteiger partial charge in [0, 0.05) is 12.5 Å². The molecule has 0 amide bonds. The molecule has 1 fully saturated rings. The molecule has 0 radical (unpaired) electrons. The lowest BCUT2D eigenvalue weighted by atomic mass is 9.75. The van der Waals surface area contributed by atoms with E-state index in [4.69, 9.17) is 10.5 Å². The van der Waals surface area contributed by atoms with E-state index >= 15 is 0 Å². The minimum atomic E-state index is 0.174. The molecule has 2 heteroatoms. The van der Waals surface area contributed by atoms with Gasteiger partial charge in [-0.3, -0.25) is 0 Å². The van der Waals surface area contributed by atoms with Crippen LogP contribution in [0.1, 0.15) is 50.3 Å². The van der Waals surface area contributed by atoms with Gasteiger partial charge in [-0.15, -0.1) is 0 Å². The minimum Gasteiger partial charge on any atom is -0.493 e. The Morgan fingerprint density at radius 1 is 1.39 bits per heavy atom. The Morgan fingerprint density at radius 3 is 2.94 bits per heavy atom. The van der Waals surface area contributed by atoms with Gasteiger partial charge in [-0.05, 0) is 41.4 Å². The zero-order valence-corrected chi connectivity index (χ0v) is 11.4. The van der Waals surface area contributed by atoms with Crippen LogP contribution < -0.4 is 10.5 Å². The smallest absolute Gasteiger partial charge is 0.122 e. The second kappa shape index (κ2) is 4.27. The molecule has 0 spiro atoms. The van der Waals surface area contributed by atoms with E-state index < -0.39 is 0 Å². The third-order valence-electron chi connectivity index (χ3n) is 4.87. The first-order valence-electron chi connectivity index (χ1n) is 7.09. The van der Waals surface area contributed by atoms with Crippen molar-refractivity contribution in [1.82, 2.24) is 0 Å². The Kier molecular flexibility index (Phi) is 2.86. The molecule has 18 heavy (non-hydrogen) atoms. The SMILES string of the molecule is CC1(C)CCCC1C(N)c1ccc2c(c1)CCO2. The molecule has 1 aromatic rings. The maximum atomic E-state index is 6.53. The van der Waals surface area contributed by atoms with E-state index in [-0.39, 0.29) is 6.04 Å². The van der Waals surface area contributed by atoms with Crippen LogP contribution in [-0.2, 0) is 6.42 Å². The zero-order valence-electron chi connectivity index (χ0n) is 11.4. The number of ether oxygens (including phenoxy) is 1. The Morgan fingerprint density at radius 2 is 2.22 bits per heavy atom. The van der Waals surface area contributed by atoms with Crippen LogP contribution in [0.4, 0.5) is 0 Å². The highest BCUT2D eigenvalue weighted by Gasteiger charge is 2.38. The lowest BCUT2D eigenvalue weighted by molar-refractivity contribution is 0.222. The van der Waals surface area contributed by atoms with Crippen LogP contribution in [0.15, 0.2) is 18.2 Å². The molecule has 0 bridgehead atoms. The molecule has 2 aliphatic rings. The normalized spacial score (nSPS) is 26.7. The number of hydrogen-bond donors (Lipinski definition) is 1. The average molecular weight is 245 g/mol. The van der Waals surface area contributed by atoms with E-state index in [1.54, 1.807) is 0 Å². The summed E-state index contributed by atoms with van der Waals surface area (Å²) in [5.74, 6) is 1.66. The van der Waals surface area contributed by atoms with Crippen molar-refractivity contribution in [3.8, 4) is 5.75 Å². The summed E-state index contributed by atoms with van der Waals surface area (Å²) >= 11 is 0. The Labute approximate surface area is 110 Å². The highest BCUT2D eigenvalue weighted by molar-refractivity contribution is 5.41. The van der Waals surface area contributed by atoms with Crippen LogP contribution in [0.3, 0.4) is 0 Å². The number of hydrogen-bond acceptors (Lipinski definition) is 2. The van der Waals surface area contributed by atoms with Crippen molar-refractivity contribution in [3.05, 3.63) is 29.3 Å². The summed E-state index contributed by atoms with van der Waals surface area (Å²) in [4.78, 5) is 0. The van der Waals surface area contributed by atoms with Crippen molar-refractivity contribution in [2.75, 3.05) is 6.61 Å². The van der Waals surface area contributed by atoms with Gasteiger partial charge in [0.25, 0.3) is 0 Å². The molecular formula is C16H23NO. The van der Waals surface area contributed by atoms with Crippen molar-refractivity contribution >= 4 is 0 Å². The molecule has 2 unspecified atom stereocenters. The van der Waals surface area contributed by atoms with Crippen LogP contribution >= 0.6 is 0 Å². The molecule has 0 aromatic heterocycles. The van der Waals surface area contributed by atoms with Crippen LogP contribution in [-0.4, -0.2) is 6.61 Å². The maximum Gasteiger partial charge on any atom is 0.122 e. The first kappa shape index (κ1) is 12.0. The molecule has 2 atom stereocenters. The van der Waals surface area contributed by atoms with Gasteiger partial charge < -0.3 is 10.5 Å². The predicted octanol–water partition coefficient (Wildman–Crippen LogP) is 3.45. The average Bonchev–Trinajstić information content (AvgIpc) is 2.92. The summed E-state index contributed by atoms with van der Waals surface area (Å²) in [5, 5.41) is 0. The molecule has 1 aliphatic heterocycles. The molecular weight excluding hydrogens is 222 g/mol. The van der Waals surface area contributed by atoms with E-state index in [1.165, 1.54) is 30.4 Å². The van der Waals surface area contributed by atoms with E-state index in [9.17, 15) is 0 Å². The first-order valence-corrected chi connectivity index (χ1v) is 7.09. The lowest BCUT2D eigenvalue weighted by Gasteiger charge is -2.32. The van der Waals surface area contributed by atoms with Gasteiger partial charge in [0.15, 0.2) is 0 Å². The van der Waals surface area contributed by atoms with E-state index in [2.05, 4.69) is 32.0 Å². The van der Waals surface area contributed by atoms with E-state index in [0.717, 1.165) is 18.8 Å². The largest absolute Gasteiger partial charge is 0.493 e. The van der Waals surface area contributed by atoms with Crippen LogP contribution in [0.25, 0.3) is 0 Å². The summed E-state index contributed by atoms with van der Waals surface area (Å²) in [7, 11) is 0. The van der Waals surface area contributed by atoms with Crippen molar-refractivity contribution in [2.24, 2.45) is 17.1 Å². The van der Waals surface area contributed by atoms with Gasteiger partial charge in [0.2, 0.25) is 0 Å². The Balaban J connectivity index is 1.86.